The van der Waals surface area contributed by atoms with Gasteiger partial charge in [-0.1, -0.05) is 0 Å². The Hall–Kier alpha value is -1.51. The summed E-state index contributed by atoms with van der Waals surface area (Å²) in [6, 6.07) is -0.0613. The molecule has 4 atom stereocenters. The molecule has 7 nitrogen and oxygen atoms in total. The molecule has 5 heterocycles. The first-order chi connectivity index (χ1) is 14.2. The molecule has 5 rings (SSSR count). The Morgan fingerprint density at radius 2 is 2.07 bits per heavy atom. The van der Waals surface area contributed by atoms with Crippen LogP contribution in [0.3, 0.4) is 0 Å². The summed E-state index contributed by atoms with van der Waals surface area (Å²) in [6.45, 7) is 5.41. The van der Waals surface area contributed by atoms with Crippen molar-refractivity contribution < 1.29 is 14.3 Å². The maximum atomic E-state index is 13.6. The fraction of sp³-hybridized carbons (Fsp3) is 0.762. The summed E-state index contributed by atoms with van der Waals surface area (Å²) in [7, 11) is 0. The van der Waals surface area contributed by atoms with Crippen LogP contribution in [0.25, 0.3) is 0 Å². The molecule has 2 bridgehead atoms. The van der Waals surface area contributed by atoms with Crippen LogP contribution in [0.15, 0.2) is 10.9 Å². The number of morpholine rings is 1. The van der Waals surface area contributed by atoms with Gasteiger partial charge in [0.2, 0.25) is 11.8 Å². The van der Waals surface area contributed by atoms with Gasteiger partial charge in [-0.2, -0.15) is 0 Å². The van der Waals surface area contributed by atoms with Crippen molar-refractivity contribution in [2.24, 2.45) is 11.8 Å². The molecule has 4 aliphatic heterocycles. The first kappa shape index (κ1) is 19.5. The van der Waals surface area contributed by atoms with Gasteiger partial charge in [0.05, 0.1) is 24.4 Å². The number of fused-ring (bicyclic) bond motifs is 4. The fourth-order valence-electron chi connectivity index (χ4n) is 5.86. The van der Waals surface area contributed by atoms with Gasteiger partial charge in [-0.3, -0.25) is 9.59 Å². The molecular weight excluding hydrogens is 388 g/mol. The molecule has 0 aliphatic carbocycles. The highest BCUT2D eigenvalue weighted by Gasteiger charge is 2.52. The summed E-state index contributed by atoms with van der Waals surface area (Å²) in [6.07, 6.45) is 4.62. The molecule has 0 unspecified atom stereocenters. The normalized spacial score (nSPS) is 32.9. The summed E-state index contributed by atoms with van der Waals surface area (Å²) in [4.78, 5) is 37.4. The third-order valence-electron chi connectivity index (χ3n) is 7.16. The summed E-state index contributed by atoms with van der Waals surface area (Å²) < 4.78 is 5.44. The lowest BCUT2D eigenvalue weighted by molar-refractivity contribution is -0.167. The number of nitrogens with zero attached hydrogens (tertiary/aromatic N) is 4. The van der Waals surface area contributed by atoms with Crippen LogP contribution in [-0.2, 0) is 20.7 Å². The van der Waals surface area contributed by atoms with Crippen LogP contribution < -0.4 is 0 Å². The van der Waals surface area contributed by atoms with E-state index in [-0.39, 0.29) is 29.8 Å². The number of hydrogen-bond donors (Lipinski definition) is 0. The van der Waals surface area contributed by atoms with Crippen LogP contribution in [0, 0.1) is 11.8 Å². The van der Waals surface area contributed by atoms with Gasteiger partial charge >= 0.3 is 0 Å². The number of carbonyl (C=O) groups is 2. The molecule has 4 aliphatic rings. The van der Waals surface area contributed by atoms with Crippen molar-refractivity contribution in [3.8, 4) is 0 Å². The molecule has 1 aromatic heterocycles. The number of amides is 2. The van der Waals surface area contributed by atoms with E-state index in [1.54, 1.807) is 11.3 Å². The van der Waals surface area contributed by atoms with Gasteiger partial charge in [0.1, 0.15) is 6.04 Å². The van der Waals surface area contributed by atoms with Crippen LogP contribution in [0.4, 0.5) is 0 Å². The van der Waals surface area contributed by atoms with Crippen LogP contribution >= 0.6 is 11.3 Å². The number of likely N-dealkylation sites (tertiary alicyclic amines) is 1. The van der Waals surface area contributed by atoms with E-state index >= 15 is 0 Å². The predicted molar refractivity (Wildman–Crippen MR) is 110 cm³/mol. The zero-order chi connectivity index (χ0) is 19.8. The molecule has 2 amide bonds. The highest BCUT2D eigenvalue weighted by atomic mass is 32.1. The largest absolute Gasteiger partial charge is 0.378 e. The average molecular weight is 419 g/mol. The Morgan fingerprint density at radius 3 is 2.86 bits per heavy atom. The minimum atomic E-state index is -0.288. The molecule has 0 spiro atoms. The van der Waals surface area contributed by atoms with E-state index < -0.39 is 0 Å². The maximum Gasteiger partial charge on any atom is 0.245 e. The number of thiazole rings is 1. The average Bonchev–Trinajstić information content (AvgIpc) is 3.27. The van der Waals surface area contributed by atoms with E-state index in [4.69, 9.17) is 4.74 Å². The third kappa shape index (κ3) is 3.82. The minimum Gasteiger partial charge on any atom is -0.378 e. The van der Waals surface area contributed by atoms with Crippen molar-refractivity contribution in [3.05, 3.63) is 16.6 Å². The maximum absolute atomic E-state index is 13.6. The molecule has 0 aromatic carbocycles. The van der Waals surface area contributed by atoms with Gasteiger partial charge in [0, 0.05) is 62.9 Å². The van der Waals surface area contributed by atoms with Gasteiger partial charge in [0.25, 0.3) is 0 Å². The Bertz CT molecular complexity index is 736. The van der Waals surface area contributed by atoms with E-state index in [1.807, 2.05) is 15.3 Å². The second kappa shape index (κ2) is 8.32. The standard InChI is InChI=1S/C21H30N4O3S/c26-19-3-1-2-18-15-10-16(12-23(11-15)5-4-17-13-29-14-22-17)20(25(18)19)21(27)24-6-8-28-9-7-24/h13-16,18,20H,1-12H2/t15-,16+,18-,20+/m0/s1. The molecule has 0 saturated carbocycles. The van der Waals surface area contributed by atoms with Crippen molar-refractivity contribution >= 4 is 23.2 Å². The number of piperidine rings is 3. The lowest BCUT2D eigenvalue weighted by Crippen LogP contribution is -2.69. The van der Waals surface area contributed by atoms with Gasteiger partial charge in [-0.05, 0) is 25.2 Å². The highest BCUT2D eigenvalue weighted by Crippen LogP contribution is 2.42. The summed E-state index contributed by atoms with van der Waals surface area (Å²) in [5, 5.41) is 2.12. The second-order valence-electron chi connectivity index (χ2n) is 8.89. The Labute approximate surface area is 176 Å². The van der Waals surface area contributed by atoms with Crippen molar-refractivity contribution in [1.29, 1.82) is 0 Å². The van der Waals surface area contributed by atoms with E-state index in [1.165, 1.54) is 0 Å². The molecule has 0 N–H and O–H groups in total. The number of ether oxygens (including phenoxy) is 1. The predicted octanol–water partition coefficient (Wildman–Crippen LogP) is 1.25. The number of carbonyl (C=O) groups excluding carboxylic acids is 2. The highest BCUT2D eigenvalue weighted by molar-refractivity contribution is 7.07. The van der Waals surface area contributed by atoms with Crippen LogP contribution in [0.5, 0.6) is 0 Å². The van der Waals surface area contributed by atoms with Gasteiger partial charge in [-0.25, -0.2) is 4.98 Å². The zero-order valence-corrected chi connectivity index (χ0v) is 17.7. The van der Waals surface area contributed by atoms with Crippen LogP contribution in [-0.4, -0.2) is 89.5 Å². The third-order valence-corrected chi connectivity index (χ3v) is 7.80. The van der Waals surface area contributed by atoms with Crippen molar-refractivity contribution in [2.75, 3.05) is 45.9 Å². The second-order valence-corrected chi connectivity index (χ2v) is 9.61. The molecule has 158 valence electrons. The SMILES string of the molecule is O=C([C@H]1[C@@H]2C[C@@H](CN(CCc3cscn3)C2)[C@@H]2CCCC(=O)N21)N1CCOCC1. The van der Waals surface area contributed by atoms with Gasteiger partial charge in [0.15, 0.2) is 0 Å². The molecular formula is C21H30N4O3S. The molecule has 1 aromatic rings. The zero-order valence-electron chi connectivity index (χ0n) is 16.9. The minimum absolute atomic E-state index is 0.151. The Morgan fingerprint density at radius 1 is 1.24 bits per heavy atom. The number of aromatic nitrogens is 1. The van der Waals surface area contributed by atoms with Crippen molar-refractivity contribution in [1.82, 2.24) is 19.7 Å². The summed E-state index contributed by atoms with van der Waals surface area (Å²) >= 11 is 1.64. The number of hydrogen-bond acceptors (Lipinski definition) is 6. The Kier molecular flexibility index (Phi) is 5.58. The molecule has 0 radical (unpaired) electrons. The lowest BCUT2D eigenvalue weighted by Gasteiger charge is -2.56. The summed E-state index contributed by atoms with van der Waals surface area (Å²) in [5.41, 5.74) is 3.05. The van der Waals surface area contributed by atoms with E-state index in [2.05, 4.69) is 15.3 Å². The van der Waals surface area contributed by atoms with Crippen LogP contribution in [0.2, 0.25) is 0 Å². The van der Waals surface area contributed by atoms with Crippen LogP contribution in [0.1, 0.15) is 31.4 Å². The monoisotopic (exact) mass is 418 g/mol. The van der Waals surface area contributed by atoms with Crippen molar-refractivity contribution in [3.63, 3.8) is 0 Å². The first-order valence-electron chi connectivity index (χ1n) is 11.0. The Balaban J connectivity index is 1.36. The number of rotatable bonds is 4. The lowest BCUT2D eigenvalue weighted by atomic mass is 9.71. The van der Waals surface area contributed by atoms with E-state index in [0.29, 0.717) is 38.6 Å². The topological polar surface area (TPSA) is 66.0 Å². The van der Waals surface area contributed by atoms with E-state index in [0.717, 1.165) is 51.0 Å². The molecule has 4 fully saturated rings. The fourth-order valence-corrected chi connectivity index (χ4v) is 6.45. The first-order valence-corrected chi connectivity index (χ1v) is 11.9. The van der Waals surface area contributed by atoms with E-state index in [9.17, 15) is 9.59 Å². The summed E-state index contributed by atoms with van der Waals surface area (Å²) in [5.74, 6) is 1.07. The molecule has 4 saturated heterocycles. The van der Waals surface area contributed by atoms with Gasteiger partial charge < -0.3 is 19.4 Å². The van der Waals surface area contributed by atoms with Crippen molar-refractivity contribution in [2.45, 2.75) is 44.2 Å². The molecule has 8 heteroatoms. The molecule has 29 heavy (non-hydrogen) atoms. The smallest absolute Gasteiger partial charge is 0.245 e. The van der Waals surface area contributed by atoms with Gasteiger partial charge in [-0.15, -0.1) is 11.3 Å². The quantitative estimate of drug-likeness (QED) is 0.736.